The van der Waals surface area contributed by atoms with Crippen molar-refractivity contribution >= 4 is 29.3 Å². The third-order valence-corrected chi connectivity index (χ3v) is 5.37. The molecule has 1 saturated heterocycles. The van der Waals surface area contributed by atoms with Crippen molar-refractivity contribution in [2.75, 3.05) is 0 Å². The van der Waals surface area contributed by atoms with Crippen LogP contribution in [-0.2, 0) is 4.79 Å². The van der Waals surface area contributed by atoms with Gasteiger partial charge in [-0.05, 0) is 43.7 Å². The zero-order valence-electron chi connectivity index (χ0n) is 12.6. The number of β-lactam (4-membered cyclic amide) rings is 1. The number of likely N-dealkylation sites (tertiary alicyclic amines) is 1. The zero-order valence-corrected chi connectivity index (χ0v) is 14.1. The Hall–Kier alpha value is -1.45. The first-order chi connectivity index (χ1) is 10.6. The molecule has 2 nitrogen and oxygen atoms in total. The Bertz CT molecular complexity index is 657. The molecule has 1 heterocycles. The summed E-state index contributed by atoms with van der Waals surface area (Å²) in [5.41, 5.74) is 1.14. The Morgan fingerprint density at radius 3 is 2.27 bits per heavy atom. The first kappa shape index (κ1) is 15.4. The van der Waals surface area contributed by atoms with E-state index in [2.05, 4.69) is 26.0 Å². The molecule has 2 aromatic carbocycles. The Morgan fingerprint density at radius 2 is 1.68 bits per heavy atom. The first-order valence-corrected chi connectivity index (χ1v) is 8.63. The maximum Gasteiger partial charge on any atom is 0.239 e. The molecular weight excluding hydrogens is 314 g/mol. The van der Waals surface area contributed by atoms with Gasteiger partial charge in [-0.3, -0.25) is 4.79 Å². The summed E-state index contributed by atoms with van der Waals surface area (Å²) in [4.78, 5) is 15.6. The largest absolute Gasteiger partial charge is 0.331 e. The predicted molar refractivity (Wildman–Crippen MR) is 92.3 cm³/mol. The zero-order chi connectivity index (χ0) is 15.7. The van der Waals surface area contributed by atoms with E-state index < -0.39 is 0 Å². The fourth-order valence-electron chi connectivity index (χ4n) is 2.81. The number of rotatable bonds is 4. The van der Waals surface area contributed by atoms with Crippen molar-refractivity contribution in [1.82, 2.24) is 4.90 Å². The van der Waals surface area contributed by atoms with Crippen LogP contribution in [0, 0.1) is 0 Å². The summed E-state index contributed by atoms with van der Waals surface area (Å²) in [5, 5.41) is 0.656. The number of hydrogen-bond acceptors (Lipinski definition) is 2. The van der Waals surface area contributed by atoms with Crippen molar-refractivity contribution in [3.05, 3.63) is 65.2 Å². The second-order valence-corrected chi connectivity index (χ2v) is 7.34. The third-order valence-electron chi connectivity index (χ3n) is 3.86. The van der Waals surface area contributed by atoms with Gasteiger partial charge >= 0.3 is 0 Å². The van der Waals surface area contributed by atoms with E-state index in [0.717, 1.165) is 15.5 Å². The molecule has 0 N–H and O–H groups in total. The molecule has 0 bridgehead atoms. The average molecular weight is 332 g/mol. The molecule has 3 rings (SSSR count). The summed E-state index contributed by atoms with van der Waals surface area (Å²) in [7, 11) is 0. The van der Waals surface area contributed by atoms with Gasteiger partial charge in [0, 0.05) is 16.0 Å². The van der Waals surface area contributed by atoms with Gasteiger partial charge in [0.15, 0.2) is 0 Å². The molecule has 0 aromatic heterocycles. The van der Waals surface area contributed by atoms with Gasteiger partial charge in [-0.25, -0.2) is 0 Å². The van der Waals surface area contributed by atoms with Crippen LogP contribution in [0.15, 0.2) is 59.5 Å². The minimum atomic E-state index is -0.0639. The van der Waals surface area contributed by atoms with Crippen LogP contribution in [0.4, 0.5) is 0 Å². The quantitative estimate of drug-likeness (QED) is 0.750. The van der Waals surface area contributed by atoms with Crippen molar-refractivity contribution in [1.29, 1.82) is 0 Å². The van der Waals surface area contributed by atoms with Crippen molar-refractivity contribution in [2.45, 2.75) is 36.1 Å². The van der Waals surface area contributed by atoms with Gasteiger partial charge in [0.1, 0.15) is 5.25 Å². The van der Waals surface area contributed by atoms with Gasteiger partial charge in [-0.15, -0.1) is 11.8 Å². The number of amides is 1. The lowest BCUT2D eigenvalue weighted by molar-refractivity contribution is -0.147. The van der Waals surface area contributed by atoms with E-state index in [0.29, 0.717) is 0 Å². The van der Waals surface area contributed by atoms with Crippen molar-refractivity contribution in [3.8, 4) is 0 Å². The van der Waals surface area contributed by atoms with Crippen LogP contribution in [-0.4, -0.2) is 22.1 Å². The van der Waals surface area contributed by atoms with Crippen LogP contribution < -0.4 is 0 Å². The van der Waals surface area contributed by atoms with E-state index in [1.54, 1.807) is 11.8 Å². The molecule has 1 fully saturated rings. The molecule has 1 aliphatic rings. The molecule has 1 aliphatic heterocycles. The molecule has 0 radical (unpaired) electrons. The fraction of sp³-hybridized carbons (Fsp3) is 0.278. The molecular formula is C18H18ClNOS. The van der Waals surface area contributed by atoms with E-state index in [4.69, 9.17) is 11.6 Å². The highest BCUT2D eigenvalue weighted by atomic mass is 35.5. The first-order valence-electron chi connectivity index (χ1n) is 7.37. The van der Waals surface area contributed by atoms with Gasteiger partial charge in [-0.1, -0.05) is 41.9 Å². The summed E-state index contributed by atoms with van der Waals surface area (Å²) in [6, 6.07) is 18.2. The van der Waals surface area contributed by atoms with Crippen LogP contribution in [0.1, 0.15) is 25.5 Å². The van der Waals surface area contributed by atoms with E-state index in [9.17, 15) is 4.79 Å². The average Bonchev–Trinajstić information content (AvgIpc) is 2.51. The molecule has 114 valence electrons. The summed E-state index contributed by atoms with van der Waals surface area (Å²) < 4.78 is 0. The molecule has 1 amide bonds. The van der Waals surface area contributed by atoms with Crippen LogP contribution in [0.2, 0.25) is 5.02 Å². The van der Waals surface area contributed by atoms with Crippen LogP contribution in [0.3, 0.4) is 0 Å². The maximum atomic E-state index is 12.5. The number of thioether (sulfide) groups is 1. The number of carbonyl (C=O) groups is 1. The highest BCUT2D eigenvalue weighted by molar-refractivity contribution is 8.00. The van der Waals surface area contributed by atoms with Crippen LogP contribution in [0.25, 0.3) is 0 Å². The van der Waals surface area contributed by atoms with Crippen molar-refractivity contribution < 1.29 is 4.79 Å². The lowest BCUT2D eigenvalue weighted by Gasteiger charge is -2.49. The molecule has 0 spiro atoms. The Labute approximate surface area is 140 Å². The van der Waals surface area contributed by atoms with Gasteiger partial charge in [0.05, 0.1) is 6.04 Å². The van der Waals surface area contributed by atoms with E-state index in [-0.39, 0.29) is 23.2 Å². The minimum absolute atomic E-state index is 0.0639. The van der Waals surface area contributed by atoms with Crippen molar-refractivity contribution in [2.24, 2.45) is 0 Å². The van der Waals surface area contributed by atoms with Gasteiger partial charge in [0.2, 0.25) is 5.91 Å². The fourth-order valence-corrected chi connectivity index (χ4v) is 4.19. The number of nitrogens with zero attached hydrogens (tertiary/aromatic N) is 1. The van der Waals surface area contributed by atoms with Gasteiger partial charge in [-0.2, -0.15) is 0 Å². The molecule has 0 unspecified atom stereocenters. The molecule has 0 aliphatic carbocycles. The second kappa shape index (κ2) is 6.35. The molecule has 0 saturated carbocycles. The maximum absolute atomic E-state index is 12.5. The Balaban J connectivity index is 1.87. The summed E-state index contributed by atoms with van der Waals surface area (Å²) >= 11 is 7.63. The molecule has 2 aromatic rings. The Morgan fingerprint density at radius 1 is 1.05 bits per heavy atom. The number of carbonyl (C=O) groups excluding carboxylic acids is 1. The Kier molecular flexibility index (Phi) is 4.46. The summed E-state index contributed by atoms with van der Waals surface area (Å²) in [5.74, 6) is 0.212. The smallest absolute Gasteiger partial charge is 0.239 e. The van der Waals surface area contributed by atoms with Gasteiger partial charge in [0.25, 0.3) is 0 Å². The third kappa shape index (κ3) is 2.88. The number of halogens is 1. The number of hydrogen-bond donors (Lipinski definition) is 0. The predicted octanol–water partition coefficient (Wildman–Crippen LogP) is 4.79. The van der Waals surface area contributed by atoms with Crippen LogP contribution >= 0.6 is 23.4 Å². The lowest BCUT2D eigenvalue weighted by atomic mass is 9.91. The highest BCUT2D eigenvalue weighted by Crippen LogP contribution is 2.46. The normalized spacial score (nSPS) is 21.1. The highest BCUT2D eigenvalue weighted by Gasteiger charge is 2.49. The topological polar surface area (TPSA) is 20.3 Å². The SMILES string of the molecule is CC(C)N1C(=O)[C@H](Sc2ccccc2)[C@H]1c1ccc(Cl)cc1. The van der Waals surface area contributed by atoms with Crippen LogP contribution in [0.5, 0.6) is 0 Å². The van der Waals surface area contributed by atoms with Crippen molar-refractivity contribution in [3.63, 3.8) is 0 Å². The minimum Gasteiger partial charge on any atom is -0.331 e. The standard InChI is InChI=1S/C18H18ClNOS/c1-12(2)20-16(13-8-10-14(19)11-9-13)17(18(20)21)22-15-6-4-3-5-7-15/h3-12,16-17H,1-2H3/t16-,17-/m1/s1. The van der Waals surface area contributed by atoms with Gasteiger partial charge < -0.3 is 4.90 Å². The summed E-state index contributed by atoms with van der Waals surface area (Å²) in [6.07, 6.45) is 0. The second-order valence-electron chi connectivity index (χ2n) is 5.69. The molecule has 22 heavy (non-hydrogen) atoms. The van der Waals surface area contributed by atoms with E-state index in [1.807, 2.05) is 47.4 Å². The summed E-state index contributed by atoms with van der Waals surface area (Å²) in [6.45, 7) is 4.12. The lowest BCUT2D eigenvalue weighted by Crippen LogP contribution is -2.59. The molecule has 4 heteroatoms. The van der Waals surface area contributed by atoms with E-state index >= 15 is 0 Å². The monoisotopic (exact) mass is 331 g/mol. The number of benzene rings is 2. The van der Waals surface area contributed by atoms with E-state index in [1.165, 1.54) is 0 Å². The molecule has 2 atom stereocenters.